The Kier molecular flexibility index (Phi) is 3.31. The lowest BCUT2D eigenvalue weighted by atomic mass is 10.1. The smallest absolute Gasteiger partial charge is 0.262 e. The van der Waals surface area contributed by atoms with Gasteiger partial charge in [-0.2, -0.15) is 0 Å². The predicted molar refractivity (Wildman–Crippen MR) is 91.7 cm³/mol. The Morgan fingerprint density at radius 1 is 1.24 bits per heavy atom. The Morgan fingerprint density at radius 3 is 2.80 bits per heavy atom. The van der Waals surface area contributed by atoms with Crippen LogP contribution in [0.15, 0.2) is 41.7 Å². The second-order valence-corrected chi connectivity index (χ2v) is 5.77. The van der Waals surface area contributed by atoms with Crippen molar-refractivity contribution in [1.29, 1.82) is 0 Å². The average Bonchev–Trinajstić information content (AvgIpc) is 2.99. The van der Waals surface area contributed by atoms with Crippen molar-refractivity contribution in [3.05, 3.63) is 58.4 Å². The molecule has 3 heterocycles. The van der Waals surface area contributed by atoms with Gasteiger partial charge >= 0.3 is 0 Å². The predicted octanol–water partition coefficient (Wildman–Crippen LogP) is 1.89. The summed E-state index contributed by atoms with van der Waals surface area (Å²) in [5.74, 6) is 0.410. The van der Waals surface area contributed by atoms with E-state index in [0.717, 1.165) is 11.1 Å². The van der Waals surface area contributed by atoms with Crippen LogP contribution in [0.5, 0.6) is 5.75 Å². The van der Waals surface area contributed by atoms with E-state index in [0.29, 0.717) is 22.6 Å². The fourth-order valence-electron chi connectivity index (χ4n) is 2.82. The van der Waals surface area contributed by atoms with Gasteiger partial charge in [-0.3, -0.25) is 4.79 Å². The third-order valence-electron chi connectivity index (χ3n) is 3.87. The highest BCUT2D eigenvalue weighted by atomic mass is 16.3. The minimum atomic E-state index is -0.325. The molecule has 0 amide bonds. The summed E-state index contributed by atoms with van der Waals surface area (Å²) in [6, 6.07) is 5.24. The molecule has 0 saturated carbocycles. The second kappa shape index (κ2) is 5.52. The molecule has 4 aromatic rings. The molecule has 0 aliphatic carbocycles. The van der Waals surface area contributed by atoms with Crippen LogP contribution < -0.4 is 5.56 Å². The first-order valence-corrected chi connectivity index (χ1v) is 7.59. The van der Waals surface area contributed by atoms with E-state index in [4.69, 9.17) is 0 Å². The summed E-state index contributed by atoms with van der Waals surface area (Å²) in [6.45, 7) is 3.77. The van der Waals surface area contributed by atoms with Crippen LogP contribution >= 0.6 is 0 Å². The summed E-state index contributed by atoms with van der Waals surface area (Å²) >= 11 is 0. The molecule has 124 valence electrons. The zero-order valence-electron chi connectivity index (χ0n) is 13.6. The molecule has 1 aromatic carbocycles. The Bertz CT molecular complexity index is 1120. The lowest BCUT2D eigenvalue weighted by Gasteiger charge is -2.09. The second-order valence-electron chi connectivity index (χ2n) is 5.77. The Labute approximate surface area is 141 Å². The standard InChI is InChI=1S/C17H14N6O2/c1-9-5-10(2)14(13(24)6-9)23-7-11-15(22-23)20-16(21-17(11)25)12-3-4-18-8-19-12/h3-8,24H,1-2H3,(H,20,21,22,25). The van der Waals surface area contributed by atoms with Crippen LogP contribution in [0.2, 0.25) is 0 Å². The van der Waals surface area contributed by atoms with Gasteiger partial charge in [0.2, 0.25) is 0 Å². The number of fused-ring (bicyclic) bond motifs is 1. The number of hydrogen-bond donors (Lipinski definition) is 2. The largest absolute Gasteiger partial charge is 0.506 e. The highest BCUT2D eigenvalue weighted by Crippen LogP contribution is 2.27. The minimum Gasteiger partial charge on any atom is -0.506 e. The van der Waals surface area contributed by atoms with E-state index in [2.05, 4.69) is 25.0 Å². The summed E-state index contributed by atoms with van der Waals surface area (Å²) < 4.78 is 1.47. The number of aromatic nitrogens is 6. The van der Waals surface area contributed by atoms with Crippen molar-refractivity contribution >= 4 is 11.0 Å². The maximum Gasteiger partial charge on any atom is 0.262 e. The molecule has 0 atom stereocenters. The highest BCUT2D eigenvalue weighted by Gasteiger charge is 2.15. The lowest BCUT2D eigenvalue weighted by Crippen LogP contribution is -2.09. The third-order valence-corrected chi connectivity index (χ3v) is 3.87. The molecule has 2 N–H and O–H groups in total. The van der Waals surface area contributed by atoms with E-state index >= 15 is 0 Å². The molecule has 0 aliphatic heterocycles. The number of aryl methyl sites for hydroxylation is 2. The van der Waals surface area contributed by atoms with Gasteiger partial charge in [0.15, 0.2) is 11.5 Å². The molecule has 0 fully saturated rings. The summed E-state index contributed by atoms with van der Waals surface area (Å²) in [4.78, 5) is 27.4. The van der Waals surface area contributed by atoms with Gasteiger partial charge in [-0.1, -0.05) is 6.07 Å². The molecule has 3 aromatic heterocycles. The molecule has 0 saturated heterocycles. The minimum absolute atomic E-state index is 0.0951. The van der Waals surface area contributed by atoms with Crippen LogP contribution in [0, 0.1) is 13.8 Å². The SMILES string of the molecule is Cc1cc(C)c(-n2cc3c(=O)[nH]c(-c4ccncn4)nc3n2)c(O)c1. The molecule has 0 bridgehead atoms. The normalized spacial score (nSPS) is 11.1. The first kappa shape index (κ1) is 15.0. The molecular weight excluding hydrogens is 320 g/mol. The van der Waals surface area contributed by atoms with Gasteiger partial charge in [0.25, 0.3) is 5.56 Å². The van der Waals surface area contributed by atoms with E-state index in [-0.39, 0.29) is 17.0 Å². The average molecular weight is 334 g/mol. The fraction of sp³-hybridized carbons (Fsp3) is 0.118. The summed E-state index contributed by atoms with van der Waals surface area (Å²) in [7, 11) is 0. The van der Waals surface area contributed by atoms with Crippen LogP contribution in [0.1, 0.15) is 11.1 Å². The van der Waals surface area contributed by atoms with Crippen molar-refractivity contribution in [2.45, 2.75) is 13.8 Å². The molecule has 25 heavy (non-hydrogen) atoms. The summed E-state index contributed by atoms with van der Waals surface area (Å²) in [6.07, 6.45) is 4.51. The van der Waals surface area contributed by atoms with Crippen molar-refractivity contribution < 1.29 is 5.11 Å². The van der Waals surface area contributed by atoms with Gasteiger partial charge in [0.05, 0.1) is 0 Å². The van der Waals surface area contributed by atoms with Gasteiger partial charge in [-0.15, -0.1) is 5.10 Å². The quantitative estimate of drug-likeness (QED) is 0.579. The molecule has 4 rings (SSSR count). The first-order chi connectivity index (χ1) is 12.0. The number of aromatic amines is 1. The number of benzene rings is 1. The van der Waals surface area contributed by atoms with Crippen molar-refractivity contribution in [2.75, 3.05) is 0 Å². The lowest BCUT2D eigenvalue weighted by molar-refractivity contribution is 0.469. The van der Waals surface area contributed by atoms with E-state index in [1.807, 2.05) is 19.9 Å². The summed E-state index contributed by atoms with van der Waals surface area (Å²) in [5, 5.41) is 15.0. The maximum absolute atomic E-state index is 12.4. The molecule has 0 aliphatic rings. The first-order valence-electron chi connectivity index (χ1n) is 7.59. The van der Waals surface area contributed by atoms with E-state index in [9.17, 15) is 9.90 Å². The van der Waals surface area contributed by atoms with Gasteiger partial charge in [0, 0.05) is 12.4 Å². The van der Waals surface area contributed by atoms with E-state index < -0.39 is 0 Å². The third kappa shape index (κ3) is 2.53. The highest BCUT2D eigenvalue weighted by molar-refractivity contribution is 5.75. The maximum atomic E-state index is 12.4. The Balaban J connectivity index is 1.92. The van der Waals surface area contributed by atoms with Crippen LogP contribution in [-0.4, -0.2) is 34.8 Å². The molecule has 8 nitrogen and oxygen atoms in total. The Hall–Kier alpha value is -3.55. The van der Waals surface area contributed by atoms with Crippen molar-refractivity contribution in [1.82, 2.24) is 29.7 Å². The molecule has 8 heteroatoms. The zero-order valence-corrected chi connectivity index (χ0v) is 13.6. The number of nitrogens with one attached hydrogen (secondary N) is 1. The van der Waals surface area contributed by atoms with Gasteiger partial charge in [0.1, 0.15) is 28.8 Å². The van der Waals surface area contributed by atoms with Gasteiger partial charge in [-0.25, -0.2) is 19.6 Å². The number of rotatable bonds is 2. The van der Waals surface area contributed by atoms with Crippen LogP contribution in [0.25, 0.3) is 28.2 Å². The van der Waals surface area contributed by atoms with Crippen LogP contribution in [-0.2, 0) is 0 Å². The number of hydrogen-bond acceptors (Lipinski definition) is 6. The zero-order chi connectivity index (χ0) is 17.6. The number of H-pyrrole nitrogens is 1. The van der Waals surface area contributed by atoms with E-state index in [1.165, 1.54) is 11.0 Å². The van der Waals surface area contributed by atoms with Crippen molar-refractivity contribution in [3.63, 3.8) is 0 Å². The molecule has 0 unspecified atom stereocenters. The van der Waals surface area contributed by atoms with E-state index in [1.54, 1.807) is 24.5 Å². The molecular formula is C17H14N6O2. The molecule has 0 radical (unpaired) electrons. The Morgan fingerprint density at radius 2 is 2.08 bits per heavy atom. The fourth-order valence-corrected chi connectivity index (χ4v) is 2.82. The molecule has 0 spiro atoms. The van der Waals surface area contributed by atoms with Crippen LogP contribution in [0.3, 0.4) is 0 Å². The number of aromatic hydroxyl groups is 1. The topological polar surface area (TPSA) is 110 Å². The van der Waals surface area contributed by atoms with Crippen LogP contribution in [0.4, 0.5) is 0 Å². The van der Waals surface area contributed by atoms with Crippen molar-refractivity contribution in [3.8, 4) is 23.0 Å². The van der Waals surface area contributed by atoms with Gasteiger partial charge in [-0.05, 0) is 37.1 Å². The summed E-state index contributed by atoms with van der Waals surface area (Å²) in [5.41, 5.74) is 2.76. The monoisotopic (exact) mass is 334 g/mol. The van der Waals surface area contributed by atoms with Crippen molar-refractivity contribution in [2.24, 2.45) is 0 Å². The number of nitrogens with zero attached hydrogens (tertiary/aromatic N) is 5. The number of phenolic OH excluding ortho intramolecular Hbond substituents is 1. The number of phenols is 1. The van der Waals surface area contributed by atoms with Gasteiger partial charge < -0.3 is 10.1 Å².